The third-order valence-corrected chi connectivity index (χ3v) is 4.06. The van der Waals surface area contributed by atoms with E-state index in [9.17, 15) is 4.79 Å². The molecular weight excluding hydrogens is 258 g/mol. The van der Waals surface area contributed by atoms with Crippen LogP contribution in [0.5, 0.6) is 0 Å². The van der Waals surface area contributed by atoms with Gasteiger partial charge in [0.25, 0.3) is 0 Å². The molecule has 0 saturated carbocycles. The lowest BCUT2D eigenvalue weighted by atomic mass is 9.99. The lowest BCUT2D eigenvalue weighted by molar-refractivity contribution is 0.0978. The number of ketones is 1. The Morgan fingerprint density at radius 3 is 2.10 bits per heavy atom. The van der Waals surface area contributed by atoms with E-state index in [1.54, 1.807) is 0 Å². The number of nitrogen functional groups attached to an aromatic ring is 1. The van der Waals surface area contributed by atoms with E-state index in [2.05, 4.69) is 6.92 Å². The first-order chi connectivity index (χ1) is 10.1. The maximum Gasteiger partial charge on any atom is 0.163 e. The average molecular weight is 289 g/mol. The number of aryl methyl sites for hydroxylation is 1. The number of hydrogen-bond donors (Lipinski definition) is 1. The maximum atomic E-state index is 12.1. The molecule has 0 saturated heterocycles. The van der Waals surface area contributed by atoms with Gasteiger partial charge in [0, 0.05) is 17.7 Å². The van der Waals surface area contributed by atoms with Gasteiger partial charge in [0.1, 0.15) is 0 Å². The van der Waals surface area contributed by atoms with Crippen molar-refractivity contribution in [3.05, 3.63) is 29.3 Å². The van der Waals surface area contributed by atoms with E-state index >= 15 is 0 Å². The van der Waals surface area contributed by atoms with Crippen LogP contribution in [-0.2, 0) is 0 Å². The fourth-order valence-corrected chi connectivity index (χ4v) is 2.73. The Balaban J connectivity index is 2.11. The molecule has 0 atom stereocenters. The minimum atomic E-state index is 0.260. The molecule has 0 radical (unpaired) electrons. The third kappa shape index (κ3) is 7.31. The summed E-state index contributed by atoms with van der Waals surface area (Å²) in [5.41, 5.74) is 8.28. The zero-order chi connectivity index (χ0) is 15.5. The highest BCUT2D eigenvalue weighted by atomic mass is 16.1. The number of rotatable bonds is 11. The molecule has 1 aromatic carbocycles. The molecule has 0 aliphatic rings. The second-order valence-corrected chi connectivity index (χ2v) is 6.08. The summed E-state index contributed by atoms with van der Waals surface area (Å²) in [6.07, 6.45) is 12.2. The molecule has 2 nitrogen and oxygen atoms in total. The Hall–Kier alpha value is -1.31. The van der Waals surface area contributed by atoms with E-state index in [1.807, 2.05) is 25.1 Å². The quantitative estimate of drug-likeness (QED) is 0.323. The van der Waals surface area contributed by atoms with Crippen LogP contribution in [0.3, 0.4) is 0 Å². The minimum Gasteiger partial charge on any atom is -0.399 e. The Labute approximate surface area is 130 Å². The number of hydrogen-bond acceptors (Lipinski definition) is 2. The van der Waals surface area contributed by atoms with E-state index in [1.165, 1.54) is 51.4 Å². The van der Waals surface area contributed by atoms with E-state index in [-0.39, 0.29) is 5.78 Å². The van der Waals surface area contributed by atoms with Crippen LogP contribution in [0.4, 0.5) is 5.69 Å². The summed E-state index contributed by atoms with van der Waals surface area (Å²) in [4.78, 5) is 12.1. The van der Waals surface area contributed by atoms with Crippen molar-refractivity contribution in [1.82, 2.24) is 0 Å². The number of carbonyl (C=O) groups is 1. The Morgan fingerprint density at radius 2 is 1.52 bits per heavy atom. The highest BCUT2D eigenvalue weighted by molar-refractivity contribution is 5.97. The Morgan fingerprint density at radius 1 is 0.952 bits per heavy atom. The number of anilines is 1. The van der Waals surface area contributed by atoms with Gasteiger partial charge in [-0.3, -0.25) is 4.79 Å². The molecule has 0 spiro atoms. The molecule has 2 N–H and O–H groups in total. The molecule has 0 fully saturated rings. The van der Waals surface area contributed by atoms with Crippen molar-refractivity contribution in [3.63, 3.8) is 0 Å². The van der Waals surface area contributed by atoms with Crippen LogP contribution in [0.15, 0.2) is 18.2 Å². The first-order valence-corrected chi connectivity index (χ1v) is 8.54. The molecule has 1 rings (SSSR count). The summed E-state index contributed by atoms with van der Waals surface area (Å²) in [5.74, 6) is 0.260. The number of unbranched alkanes of at least 4 members (excludes halogenated alkanes) is 8. The lowest BCUT2D eigenvalue weighted by Crippen LogP contribution is -2.02. The number of nitrogens with two attached hydrogens (primary N) is 1. The Bertz CT molecular complexity index is 426. The second kappa shape index (κ2) is 10.4. The zero-order valence-electron chi connectivity index (χ0n) is 13.8. The first-order valence-electron chi connectivity index (χ1n) is 8.54. The summed E-state index contributed by atoms with van der Waals surface area (Å²) < 4.78 is 0. The van der Waals surface area contributed by atoms with Crippen LogP contribution in [0.2, 0.25) is 0 Å². The van der Waals surface area contributed by atoms with Gasteiger partial charge >= 0.3 is 0 Å². The van der Waals surface area contributed by atoms with Crippen LogP contribution < -0.4 is 5.73 Å². The summed E-state index contributed by atoms with van der Waals surface area (Å²) in [6.45, 7) is 4.21. The highest BCUT2D eigenvalue weighted by Gasteiger charge is 2.08. The van der Waals surface area contributed by atoms with Gasteiger partial charge < -0.3 is 5.73 Å². The van der Waals surface area contributed by atoms with Crippen LogP contribution in [0.25, 0.3) is 0 Å². The molecule has 21 heavy (non-hydrogen) atoms. The van der Waals surface area contributed by atoms with Gasteiger partial charge in [0.05, 0.1) is 0 Å². The largest absolute Gasteiger partial charge is 0.399 e. The monoisotopic (exact) mass is 289 g/mol. The number of carbonyl (C=O) groups excluding carboxylic acids is 1. The molecule has 0 aliphatic heterocycles. The van der Waals surface area contributed by atoms with Crippen molar-refractivity contribution in [2.75, 3.05) is 5.73 Å². The molecule has 0 amide bonds. The van der Waals surface area contributed by atoms with E-state index in [0.29, 0.717) is 6.42 Å². The highest BCUT2D eigenvalue weighted by Crippen LogP contribution is 2.17. The van der Waals surface area contributed by atoms with Gasteiger partial charge in [-0.05, 0) is 37.1 Å². The number of Topliss-reactive ketones (excluding diaryl/α,β-unsaturated/α-hetero) is 1. The summed E-state index contributed by atoms with van der Waals surface area (Å²) >= 11 is 0. The molecule has 0 heterocycles. The molecule has 0 unspecified atom stereocenters. The van der Waals surface area contributed by atoms with Gasteiger partial charge in [-0.15, -0.1) is 0 Å². The van der Waals surface area contributed by atoms with Crippen LogP contribution in [-0.4, -0.2) is 5.78 Å². The van der Waals surface area contributed by atoms with Crippen molar-refractivity contribution < 1.29 is 4.79 Å². The van der Waals surface area contributed by atoms with Crippen molar-refractivity contribution >= 4 is 11.5 Å². The van der Waals surface area contributed by atoms with Gasteiger partial charge in [0.15, 0.2) is 5.78 Å². The lowest BCUT2D eigenvalue weighted by Gasteiger charge is -2.06. The van der Waals surface area contributed by atoms with Crippen LogP contribution in [0, 0.1) is 6.92 Å². The fourth-order valence-electron chi connectivity index (χ4n) is 2.73. The average Bonchev–Trinajstić information content (AvgIpc) is 2.45. The SMILES string of the molecule is CCCCCCCCCCCC(=O)c1ccc(N)cc1C. The topological polar surface area (TPSA) is 43.1 Å². The normalized spacial score (nSPS) is 10.8. The van der Waals surface area contributed by atoms with Crippen LogP contribution in [0.1, 0.15) is 87.1 Å². The van der Waals surface area contributed by atoms with Crippen molar-refractivity contribution in [2.45, 2.75) is 78.1 Å². The summed E-state index contributed by atoms with van der Waals surface area (Å²) in [7, 11) is 0. The van der Waals surface area contributed by atoms with Gasteiger partial charge in [-0.1, -0.05) is 58.3 Å². The molecule has 0 bridgehead atoms. The fraction of sp³-hybridized carbons (Fsp3) is 0.632. The van der Waals surface area contributed by atoms with Crippen molar-refractivity contribution in [1.29, 1.82) is 0 Å². The van der Waals surface area contributed by atoms with E-state index < -0.39 is 0 Å². The summed E-state index contributed by atoms with van der Waals surface area (Å²) in [5, 5.41) is 0. The smallest absolute Gasteiger partial charge is 0.163 e. The first kappa shape index (κ1) is 17.7. The van der Waals surface area contributed by atoms with Gasteiger partial charge in [-0.25, -0.2) is 0 Å². The summed E-state index contributed by atoms with van der Waals surface area (Å²) in [6, 6.07) is 5.56. The molecular formula is C19H31NO. The second-order valence-electron chi connectivity index (χ2n) is 6.08. The van der Waals surface area contributed by atoms with Gasteiger partial charge in [-0.2, -0.15) is 0 Å². The van der Waals surface area contributed by atoms with Crippen molar-refractivity contribution in [3.8, 4) is 0 Å². The zero-order valence-corrected chi connectivity index (χ0v) is 13.8. The molecule has 0 aliphatic carbocycles. The van der Waals surface area contributed by atoms with E-state index in [0.717, 1.165) is 23.2 Å². The third-order valence-electron chi connectivity index (χ3n) is 4.06. The predicted octanol–water partition coefficient (Wildman–Crippen LogP) is 5.68. The minimum absolute atomic E-state index is 0.260. The predicted molar refractivity (Wildman–Crippen MR) is 91.8 cm³/mol. The van der Waals surface area contributed by atoms with Crippen molar-refractivity contribution in [2.24, 2.45) is 0 Å². The maximum absolute atomic E-state index is 12.1. The van der Waals surface area contributed by atoms with Gasteiger partial charge in [0.2, 0.25) is 0 Å². The molecule has 0 aromatic heterocycles. The van der Waals surface area contributed by atoms with Crippen LogP contribution >= 0.6 is 0 Å². The Kier molecular flexibility index (Phi) is 8.80. The standard InChI is InChI=1S/C19H31NO/c1-3-4-5-6-7-8-9-10-11-12-19(21)18-14-13-17(20)15-16(18)2/h13-15H,3-12,20H2,1-2H3. The molecule has 1 aromatic rings. The number of benzene rings is 1. The van der Waals surface area contributed by atoms with E-state index in [4.69, 9.17) is 5.73 Å². The molecule has 118 valence electrons. The molecule has 2 heteroatoms.